The van der Waals surface area contributed by atoms with E-state index < -0.39 is 0 Å². The van der Waals surface area contributed by atoms with Crippen molar-refractivity contribution in [2.24, 2.45) is 5.16 Å². The van der Waals surface area contributed by atoms with Crippen molar-refractivity contribution in [3.8, 4) is 0 Å². The third-order valence-electron chi connectivity index (χ3n) is 2.80. The van der Waals surface area contributed by atoms with Crippen LogP contribution in [0.2, 0.25) is 0 Å². The average Bonchev–Trinajstić information content (AvgIpc) is 2.90. The van der Waals surface area contributed by atoms with Gasteiger partial charge in [-0.3, -0.25) is 0 Å². The Morgan fingerprint density at radius 1 is 1.33 bits per heavy atom. The van der Waals surface area contributed by atoms with Crippen LogP contribution in [0, 0.1) is 0 Å². The fourth-order valence-electron chi connectivity index (χ4n) is 1.87. The first-order valence-electron chi connectivity index (χ1n) is 5.85. The van der Waals surface area contributed by atoms with Crippen LogP contribution in [-0.2, 0) is 10.6 Å². The topological polar surface area (TPSA) is 47.6 Å². The van der Waals surface area contributed by atoms with Gasteiger partial charge >= 0.3 is 0 Å². The minimum atomic E-state index is -0.172. The van der Waals surface area contributed by atoms with Crippen LogP contribution in [-0.4, -0.2) is 15.8 Å². The van der Waals surface area contributed by atoms with Crippen LogP contribution in [0.3, 0.4) is 0 Å². The van der Waals surface area contributed by atoms with Gasteiger partial charge in [-0.05, 0) is 26.0 Å². The lowest BCUT2D eigenvalue weighted by atomic mass is 10.1. The van der Waals surface area contributed by atoms with Crippen LogP contribution in [0.25, 0.3) is 11.0 Å². The summed E-state index contributed by atoms with van der Waals surface area (Å²) in [7, 11) is 0. The lowest BCUT2D eigenvalue weighted by Gasteiger charge is -2.12. The van der Waals surface area contributed by atoms with E-state index in [0.29, 0.717) is 0 Å². The molecule has 0 saturated carbocycles. The van der Waals surface area contributed by atoms with Gasteiger partial charge in [0.25, 0.3) is 0 Å². The fraction of sp³-hybridized carbons (Fsp3) is 0.385. The molecule has 0 spiro atoms. The number of thioether (sulfide) groups is 1. The fourth-order valence-corrected chi connectivity index (χ4v) is 2.93. The van der Waals surface area contributed by atoms with Gasteiger partial charge in [0.1, 0.15) is 16.3 Å². The maximum atomic E-state index is 5.33. The number of para-hydroxylation sites is 1. The minimum absolute atomic E-state index is 0.172. The Bertz CT molecular complexity index is 604. The lowest BCUT2D eigenvalue weighted by Crippen LogP contribution is -2.18. The number of aromatic nitrogens is 1. The van der Waals surface area contributed by atoms with E-state index in [2.05, 4.69) is 10.3 Å². The van der Waals surface area contributed by atoms with Gasteiger partial charge in [0.15, 0.2) is 5.58 Å². The number of rotatable bonds is 2. The van der Waals surface area contributed by atoms with E-state index >= 15 is 0 Å². The van der Waals surface area contributed by atoms with Crippen molar-refractivity contribution in [2.45, 2.75) is 31.6 Å². The third kappa shape index (κ3) is 2.22. The Labute approximate surface area is 109 Å². The Morgan fingerprint density at radius 2 is 2.17 bits per heavy atom. The molecule has 0 radical (unpaired) electrons. The second-order valence-corrected chi connectivity index (χ2v) is 5.98. The second-order valence-electron chi connectivity index (χ2n) is 4.93. The van der Waals surface area contributed by atoms with Gasteiger partial charge in [-0.1, -0.05) is 22.4 Å². The number of fused-ring (bicyclic) bond motifs is 1. The monoisotopic (exact) mass is 262 g/mol. The summed E-state index contributed by atoms with van der Waals surface area (Å²) in [6.07, 6.45) is 0.855. The number of hydrogen-bond donors (Lipinski definition) is 0. The van der Waals surface area contributed by atoms with E-state index in [1.807, 2.05) is 38.1 Å². The summed E-state index contributed by atoms with van der Waals surface area (Å²) in [5.74, 6) is 0.759. The van der Waals surface area contributed by atoms with Crippen LogP contribution in [0.5, 0.6) is 0 Å². The molecule has 0 N–H and O–H groups in total. The van der Waals surface area contributed by atoms with E-state index in [9.17, 15) is 0 Å². The van der Waals surface area contributed by atoms with Crippen molar-refractivity contribution < 1.29 is 9.36 Å². The van der Waals surface area contributed by atoms with Crippen molar-refractivity contribution in [3.63, 3.8) is 0 Å². The van der Waals surface area contributed by atoms with Gasteiger partial charge < -0.3 is 9.36 Å². The molecule has 2 aromatic rings. The highest BCUT2D eigenvalue weighted by Gasteiger charge is 2.29. The maximum absolute atomic E-state index is 5.33. The first-order chi connectivity index (χ1) is 8.64. The molecule has 3 rings (SSSR count). The molecule has 0 saturated heterocycles. The molecule has 18 heavy (non-hydrogen) atoms. The summed E-state index contributed by atoms with van der Waals surface area (Å²) in [4.78, 5) is 5.33. The van der Waals surface area contributed by atoms with Gasteiger partial charge in [-0.25, -0.2) is 0 Å². The standard InChI is InChI=1S/C13H14N2O2S/c1-13(2)7-12(15-17-13)18-8-10-9-5-3-4-6-11(9)16-14-10/h3-6H,7-8H2,1-2H3. The minimum Gasteiger partial charge on any atom is -0.389 e. The normalized spacial score (nSPS) is 17.8. The molecule has 4 nitrogen and oxygen atoms in total. The summed E-state index contributed by atoms with van der Waals surface area (Å²) >= 11 is 1.66. The molecule has 0 aliphatic carbocycles. The zero-order valence-electron chi connectivity index (χ0n) is 10.3. The molecule has 1 aliphatic rings. The average molecular weight is 262 g/mol. The Morgan fingerprint density at radius 3 is 2.94 bits per heavy atom. The van der Waals surface area contributed by atoms with Crippen molar-refractivity contribution >= 4 is 27.8 Å². The lowest BCUT2D eigenvalue weighted by molar-refractivity contribution is 0.0123. The van der Waals surface area contributed by atoms with Crippen molar-refractivity contribution in [1.29, 1.82) is 0 Å². The molecule has 0 unspecified atom stereocenters. The number of hydrogen-bond acceptors (Lipinski definition) is 5. The van der Waals surface area contributed by atoms with Crippen LogP contribution in [0.4, 0.5) is 0 Å². The third-order valence-corrected chi connectivity index (χ3v) is 3.77. The molecule has 1 aromatic heterocycles. The van der Waals surface area contributed by atoms with Crippen molar-refractivity contribution in [2.75, 3.05) is 0 Å². The van der Waals surface area contributed by atoms with Gasteiger partial charge in [-0.15, -0.1) is 11.8 Å². The zero-order valence-corrected chi connectivity index (χ0v) is 11.2. The molecular weight excluding hydrogens is 248 g/mol. The number of oxime groups is 1. The molecule has 0 amide bonds. The second kappa shape index (κ2) is 4.31. The van der Waals surface area contributed by atoms with Gasteiger partial charge in [0, 0.05) is 17.6 Å². The summed E-state index contributed by atoms with van der Waals surface area (Å²) < 4.78 is 5.27. The van der Waals surface area contributed by atoms with Crippen LogP contribution in [0.1, 0.15) is 26.0 Å². The highest BCUT2D eigenvalue weighted by atomic mass is 32.2. The van der Waals surface area contributed by atoms with E-state index in [0.717, 1.165) is 33.9 Å². The summed E-state index contributed by atoms with van der Waals surface area (Å²) in [6, 6.07) is 7.89. The molecule has 94 valence electrons. The SMILES string of the molecule is CC1(C)CC(SCc2noc3ccccc23)=NO1. The molecule has 0 fully saturated rings. The molecule has 5 heteroatoms. The molecule has 0 atom stereocenters. The van der Waals surface area contributed by atoms with Crippen molar-refractivity contribution in [3.05, 3.63) is 30.0 Å². The molecular formula is C13H14N2O2S. The van der Waals surface area contributed by atoms with Crippen LogP contribution in [0.15, 0.2) is 33.9 Å². The summed E-state index contributed by atoms with van der Waals surface area (Å²) in [5, 5.41) is 10.3. The summed E-state index contributed by atoms with van der Waals surface area (Å²) in [6.45, 7) is 4.07. The molecule has 1 aromatic carbocycles. The van der Waals surface area contributed by atoms with E-state index in [1.54, 1.807) is 11.8 Å². The highest BCUT2D eigenvalue weighted by Crippen LogP contribution is 2.30. The Hall–Kier alpha value is -1.49. The predicted octanol–water partition coefficient (Wildman–Crippen LogP) is 3.57. The molecule has 1 aliphatic heterocycles. The van der Waals surface area contributed by atoms with Gasteiger partial charge in [-0.2, -0.15) is 0 Å². The van der Waals surface area contributed by atoms with E-state index in [-0.39, 0.29) is 5.60 Å². The largest absolute Gasteiger partial charge is 0.389 e. The van der Waals surface area contributed by atoms with Gasteiger partial charge in [0.2, 0.25) is 0 Å². The number of nitrogens with zero attached hydrogens (tertiary/aromatic N) is 2. The highest BCUT2D eigenvalue weighted by molar-refractivity contribution is 8.13. The van der Waals surface area contributed by atoms with E-state index in [4.69, 9.17) is 9.36 Å². The number of benzene rings is 1. The van der Waals surface area contributed by atoms with Gasteiger partial charge in [0.05, 0.1) is 0 Å². The van der Waals surface area contributed by atoms with Crippen molar-refractivity contribution in [1.82, 2.24) is 5.16 Å². The predicted molar refractivity (Wildman–Crippen MR) is 72.5 cm³/mol. The van der Waals surface area contributed by atoms with E-state index in [1.165, 1.54) is 0 Å². The smallest absolute Gasteiger partial charge is 0.167 e. The Balaban J connectivity index is 1.71. The maximum Gasteiger partial charge on any atom is 0.167 e. The zero-order chi connectivity index (χ0) is 12.6. The molecule has 0 bridgehead atoms. The first-order valence-corrected chi connectivity index (χ1v) is 6.84. The van der Waals surface area contributed by atoms with Crippen LogP contribution >= 0.6 is 11.8 Å². The van der Waals surface area contributed by atoms with Crippen LogP contribution < -0.4 is 0 Å². The first kappa shape index (κ1) is 11.6. The quantitative estimate of drug-likeness (QED) is 0.830. The molecule has 2 heterocycles. The summed E-state index contributed by atoms with van der Waals surface area (Å²) in [5.41, 5.74) is 1.62. The Kier molecular flexibility index (Phi) is 2.78.